The van der Waals surface area contributed by atoms with Crippen LogP contribution in [0.15, 0.2) is 24.3 Å². The molecule has 0 heterocycles. The molecule has 0 aromatic heterocycles. The number of rotatable bonds is 4. The minimum atomic E-state index is -1.39. The molecule has 0 aliphatic carbocycles. The summed E-state index contributed by atoms with van der Waals surface area (Å²) >= 11 is 0. The summed E-state index contributed by atoms with van der Waals surface area (Å²) in [5, 5.41) is 19.5. The molecule has 0 saturated heterocycles. The Morgan fingerprint density at radius 2 is 2.17 bits per heavy atom. The lowest BCUT2D eigenvalue weighted by Crippen LogP contribution is -2.48. The smallest absolute Gasteiger partial charge is 0.328 e. The number of urea groups is 1. The summed E-state index contributed by atoms with van der Waals surface area (Å²) in [7, 11) is 1.36. The van der Waals surface area contributed by atoms with E-state index in [4.69, 9.17) is 10.2 Å². The summed E-state index contributed by atoms with van der Waals surface area (Å²) in [5.41, 5.74) is 0.273. The van der Waals surface area contributed by atoms with Crippen LogP contribution in [0, 0.1) is 5.82 Å². The fraction of sp³-hybridized carbons (Fsp3) is 0.273. The number of benzene rings is 1. The Morgan fingerprint density at radius 1 is 1.50 bits per heavy atom. The first kappa shape index (κ1) is 13.9. The number of anilines is 1. The fourth-order valence-electron chi connectivity index (χ4n) is 1.23. The zero-order valence-electron chi connectivity index (χ0n) is 9.63. The van der Waals surface area contributed by atoms with Crippen LogP contribution in [-0.4, -0.2) is 41.9 Å². The van der Waals surface area contributed by atoms with Crippen molar-refractivity contribution >= 4 is 17.7 Å². The Morgan fingerprint density at radius 3 is 2.67 bits per heavy atom. The molecule has 18 heavy (non-hydrogen) atoms. The molecule has 3 N–H and O–H groups in total. The van der Waals surface area contributed by atoms with Crippen LogP contribution in [0.4, 0.5) is 14.9 Å². The van der Waals surface area contributed by atoms with E-state index in [2.05, 4.69) is 5.32 Å². The Balaban J connectivity index is 2.75. The average Bonchev–Trinajstić information content (AvgIpc) is 2.34. The highest BCUT2D eigenvalue weighted by Crippen LogP contribution is 2.13. The number of nitrogens with zero attached hydrogens (tertiary/aromatic N) is 1. The van der Waals surface area contributed by atoms with Gasteiger partial charge in [0.25, 0.3) is 0 Å². The number of hydrogen-bond donors (Lipinski definition) is 3. The Kier molecular flexibility index (Phi) is 4.61. The van der Waals surface area contributed by atoms with E-state index < -0.39 is 30.5 Å². The van der Waals surface area contributed by atoms with Gasteiger partial charge in [-0.15, -0.1) is 0 Å². The number of nitrogens with one attached hydrogen (secondary N) is 1. The van der Waals surface area contributed by atoms with Crippen LogP contribution >= 0.6 is 0 Å². The Hall–Kier alpha value is -2.15. The van der Waals surface area contributed by atoms with Gasteiger partial charge in [-0.25, -0.2) is 14.0 Å². The molecule has 0 aliphatic heterocycles. The molecule has 0 fully saturated rings. The average molecular weight is 256 g/mol. The minimum absolute atomic E-state index is 0.273. The van der Waals surface area contributed by atoms with E-state index in [1.165, 1.54) is 25.2 Å². The summed E-state index contributed by atoms with van der Waals surface area (Å²) in [4.78, 5) is 23.3. The highest BCUT2D eigenvalue weighted by molar-refractivity contribution is 5.93. The van der Waals surface area contributed by atoms with Gasteiger partial charge in [0, 0.05) is 12.7 Å². The Labute approximate surface area is 103 Å². The number of hydrogen-bond acceptors (Lipinski definition) is 3. The lowest BCUT2D eigenvalue weighted by molar-refractivity contribution is -0.140. The van der Waals surface area contributed by atoms with Crippen LogP contribution in [-0.2, 0) is 4.79 Å². The highest BCUT2D eigenvalue weighted by Gasteiger charge is 2.21. The van der Waals surface area contributed by atoms with Gasteiger partial charge >= 0.3 is 12.0 Å². The molecule has 98 valence electrons. The first-order valence-electron chi connectivity index (χ1n) is 5.09. The predicted molar refractivity (Wildman–Crippen MR) is 61.8 cm³/mol. The number of carbonyl (C=O) groups excluding carboxylic acids is 1. The van der Waals surface area contributed by atoms with Gasteiger partial charge in [0.15, 0.2) is 6.04 Å². The van der Waals surface area contributed by atoms with Crippen molar-refractivity contribution in [1.29, 1.82) is 0 Å². The van der Waals surface area contributed by atoms with Gasteiger partial charge in [0.2, 0.25) is 0 Å². The van der Waals surface area contributed by atoms with Gasteiger partial charge in [0.05, 0.1) is 6.61 Å². The third kappa shape index (κ3) is 3.42. The zero-order chi connectivity index (χ0) is 13.7. The molecule has 0 aliphatic rings. The third-order valence-electron chi connectivity index (χ3n) is 2.28. The number of amides is 2. The fourth-order valence-corrected chi connectivity index (χ4v) is 1.23. The first-order valence-corrected chi connectivity index (χ1v) is 5.09. The molecule has 1 aromatic carbocycles. The second-order valence-corrected chi connectivity index (χ2v) is 3.56. The van der Waals surface area contributed by atoms with Crippen molar-refractivity contribution in [3.05, 3.63) is 30.1 Å². The zero-order valence-corrected chi connectivity index (χ0v) is 9.63. The number of carboxylic acid groups (broad SMARTS) is 1. The topological polar surface area (TPSA) is 89.9 Å². The number of aliphatic carboxylic acids is 1. The van der Waals surface area contributed by atoms with Crippen molar-refractivity contribution in [3.63, 3.8) is 0 Å². The molecule has 0 bridgehead atoms. The maximum absolute atomic E-state index is 13.0. The van der Waals surface area contributed by atoms with Crippen molar-refractivity contribution < 1.29 is 24.2 Å². The molecular formula is C11H13FN2O4. The summed E-state index contributed by atoms with van der Waals surface area (Å²) < 4.78 is 13.0. The number of halogens is 1. The van der Waals surface area contributed by atoms with Crippen LogP contribution in [0.2, 0.25) is 0 Å². The van der Waals surface area contributed by atoms with Crippen molar-refractivity contribution in [2.45, 2.75) is 6.04 Å². The lowest BCUT2D eigenvalue weighted by atomic mass is 10.3. The van der Waals surface area contributed by atoms with Gasteiger partial charge in [-0.2, -0.15) is 0 Å². The van der Waals surface area contributed by atoms with Crippen LogP contribution in [0.25, 0.3) is 0 Å². The van der Waals surface area contributed by atoms with Gasteiger partial charge < -0.3 is 15.5 Å². The molecule has 1 unspecified atom stereocenters. The van der Waals surface area contributed by atoms with E-state index >= 15 is 0 Å². The standard InChI is InChI=1S/C11H13FN2O4/c1-14(8-4-2-3-7(12)5-8)11(18)13-9(6-15)10(16)17/h2-5,9,15H,6H2,1H3,(H,13,18)(H,16,17). The van der Waals surface area contributed by atoms with Crippen molar-refractivity contribution in [2.75, 3.05) is 18.6 Å². The molecule has 1 atom stereocenters. The molecule has 7 heteroatoms. The SMILES string of the molecule is CN(C(=O)NC(CO)C(=O)O)c1cccc(F)c1. The van der Waals surface area contributed by atoms with Crippen LogP contribution in [0.3, 0.4) is 0 Å². The largest absolute Gasteiger partial charge is 0.480 e. The molecular weight excluding hydrogens is 243 g/mol. The molecule has 6 nitrogen and oxygen atoms in total. The van der Waals surface area contributed by atoms with Crippen LogP contribution < -0.4 is 10.2 Å². The van der Waals surface area contributed by atoms with E-state index in [1.807, 2.05) is 0 Å². The second-order valence-electron chi connectivity index (χ2n) is 3.56. The molecule has 1 aromatic rings. The number of aliphatic hydroxyl groups is 1. The van der Waals surface area contributed by atoms with Gasteiger partial charge in [-0.3, -0.25) is 4.90 Å². The monoisotopic (exact) mass is 256 g/mol. The number of carboxylic acids is 1. The first-order chi connectivity index (χ1) is 8.45. The third-order valence-corrected chi connectivity index (χ3v) is 2.28. The van der Waals surface area contributed by atoms with Gasteiger partial charge in [-0.05, 0) is 18.2 Å². The second kappa shape index (κ2) is 5.97. The maximum atomic E-state index is 13.0. The van der Waals surface area contributed by atoms with Crippen LogP contribution in [0.1, 0.15) is 0 Å². The predicted octanol–water partition coefficient (Wildman–Crippen LogP) is 0.417. The summed E-state index contributed by atoms with van der Waals surface area (Å²) in [6, 6.07) is 3.14. The van der Waals surface area contributed by atoms with E-state index in [1.54, 1.807) is 0 Å². The van der Waals surface area contributed by atoms with E-state index in [9.17, 15) is 14.0 Å². The van der Waals surface area contributed by atoms with Crippen molar-refractivity contribution in [2.24, 2.45) is 0 Å². The van der Waals surface area contributed by atoms with Crippen LogP contribution in [0.5, 0.6) is 0 Å². The number of aliphatic hydroxyl groups excluding tert-OH is 1. The summed E-state index contributed by atoms with van der Waals surface area (Å²) in [5.74, 6) is -1.86. The molecule has 1 rings (SSSR count). The van der Waals surface area contributed by atoms with Gasteiger partial charge in [-0.1, -0.05) is 6.07 Å². The maximum Gasteiger partial charge on any atom is 0.328 e. The number of carbonyl (C=O) groups is 2. The summed E-state index contributed by atoms with van der Waals surface area (Å²) in [6.45, 7) is -0.724. The molecule has 0 radical (unpaired) electrons. The molecule has 0 spiro atoms. The Bertz CT molecular complexity index is 452. The van der Waals surface area contributed by atoms with E-state index in [0.717, 1.165) is 11.0 Å². The summed E-state index contributed by atoms with van der Waals surface area (Å²) in [6.07, 6.45) is 0. The quantitative estimate of drug-likeness (QED) is 0.728. The molecule has 2 amide bonds. The highest BCUT2D eigenvalue weighted by atomic mass is 19.1. The lowest BCUT2D eigenvalue weighted by Gasteiger charge is -2.20. The van der Waals surface area contributed by atoms with E-state index in [-0.39, 0.29) is 5.69 Å². The van der Waals surface area contributed by atoms with E-state index in [0.29, 0.717) is 0 Å². The van der Waals surface area contributed by atoms with Gasteiger partial charge in [0.1, 0.15) is 5.82 Å². The normalized spacial score (nSPS) is 11.7. The van der Waals surface area contributed by atoms with Crippen molar-refractivity contribution in [1.82, 2.24) is 5.32 Å². The van der Waals surface area contributed by atoms with Crippen molar-refractivity contribution in [3.8, 4) is 0 Å². The molecule has 0 saturated carbocycles. The minimum Gasteiger partial charge on any atom is -0.480 e.